The predicted octanol–water partition coefficient (Wildman–Crippen LogP) is 12.1. The van der Waals surface area contributed by atoms with E-state index in [0.29, 0.717) is 0 Å². The third-order valence-corrected chi connectivity index (χ3v) is 9.32. The normalized spacial score (nSPS) is 19.0. The molecule has 0 spiro atoms. The van der Waals surface area contributed by atoms with Gasteiger partial charge in [-0.05, 0) is 139 Å². The number of allylic oxidation sites excluding steroid dienone is 16. The number of anilines is 2. The molecule has 42 heavy (non-hydrogen) atoms. The van der Waals surface area contributed by atoms with Crippen molar-refractivity contribution >= 4 is 11.4 Å². The second-order valence-electron chi connectivity index (χ2n) is 12.7. The molecule has 0 atom stereocenters. The lowest BCUT2D eigenvalue weighted by Gasteiger charge is -2.35. The predicted molar refractivity (Wildman–Crippen MR) is 183 cm³/mol. The molecule has 0 aromatic heterocycles. The van der Waals surface area contributed by atoms with E-state index < -0.39 is 0 Å². The first-order chi connectivity index (χ1) is 20.6. The van der Waals surface area contributed by atoms with E-state index in [2.05, 4.69) is 110 Å². The van der Waals surface area contributed by atoms with Crippen LogP contribution in [0.3, 0.4) is 0 Å². The molecule has 0 amide bonds. The molecule has 0 heterocycles. The first-order valence-corrected chi connectivity index (χ1v) is 16.8. The lowest BCUT2D eigenvalue weighted by molar-refractivity contribution is 0.729. The fourth-order valence-electron chi connectivity index (χ4n) is 6.55. The largest absolute Gasteiger partial charge is 0.318 e. The zero-order chi connectivity index (χ0) is 29.3. The fraction of sp³-hybridized carbons (Fsp3) is 0.450. The summed E-state index contributed by atoms with van der Waals surface area (Å²) in [6.07, 6.45) is 35.6. The Balaban J connectivity index is 1.47. The smallest absolute Gasteiger partial charge is 0.0456 e. The third-order valence-electron chi connectivity index (χ3n) is 9.32. The van der Waals surface area contributed by atoms with Crippen molar-refractivity contribution in [2.45, 2.75) is 118 Å². The fourth-order valence-corrected chi connectivity index (χ4v) is 6.55. The Morgan fingerprint density at radius 2 is 0.810 bits per heavy atom. The molecule has 2 heteroatoms. The van der Waals surface area contributed by atoms with E-state index >= 15 is 0 Å². The van der Waals surface area contributed by atoms with Gasteiger partial charge in [0.15, 0.2) is 0 Å². The summed E-state index contributed by atoms with van der Waals surface area (Å²) in [7, 11) is 0. The maximum Gasteiger partial charge on any atom is 0.0456 e. The van der Waals surface area contributed by atoms with Crippen LogP contribution in [0.15, 0.2) is 118 Å². The summed E-state index contributed by atoms with van der Waals surface area (Å²) < 4.78 is 0. The molecule has 0 fully saturated rings. The van der Waals surface area contributed by atoms with Crippen molar-refractivity contribution in [2.75, 3.05) is 9.80 Å². The van der Waals surface area contributed by atoms with Crippen molar-refractivity contribution in [2.24, 2.45) is 0 Å². The van der Waals surface area contributed by atoms with Crippen LogP contribution in [0.2, 0.25) is 0 Å². The molecule has 0 saturated carbocycles. The molecular weight excluding hydrogens is 508 g/mol. The van der Waals surface area contributed by atoms with Gasteiger partial charge < -0.3 is 9.80 Å². The molecule has 4 aliphatic carbocycles. The van der Waals surface area contributed by atoms with Crippen LogP contribution in [-0.2, 0) is 0 Å². The average Bonchev–Trinajstić information content (AvgIpc) is 3.03. The van der Waals surface area contributed by atoms with Crippen LogP contribution in [-0.4, -0.2) is 0 Å². The Morgan fingerprint density at radius 1 is 0.452 bits per heavy atom. The van der Waals surface area contributed by atoms with Gasteiger partial charge in [-0.15, -0.1) is 0 Å². The highest BCUT2D eigenvalue weighted by molar-refractivity contribution is 5.67. The van der Waals surface area contributed by atoms with Crippen molar-refractivity contribution in [3.8, 4) is 0 Å². The Kier molecular flexibility index (Phi) is 10.6. The van der Waals surface area contributed by atoms with Crippen molar-refractivity contribution in [1.29, 1.82) is 0 Å². The number of benzene rings is 1. The summed E-state index contributed by atoms with van der Waals surface area (Å²) in [6.45, 7) is 9.08. The first-order valence-electron chi connectivity index (χ1n) is 16.8. The van der Waals surface area contributed by atoms with Crippen LogP contribution >= 0.6 is 0 Å². The highest BCUT2D eigenvalue weighted by Gasteiger charge is 2.23. The molecular formula is C40H52N2. The Hall–Kier alpha value is -3.26. The van der Waals surface area contributed by atoms with E-state index in [4.69, 9.17) is 0 Å². The van der Waals surface area contributed by atoms with Crippen LogP contribution in [0.4, 0.5) is 11.4 Å². The highest BCUT2D eigenvalue weighted by atomic mass is 15.2. The molecule has 0 bridgehead atoms. The summed E-state index contributed by atoms with van der Waals surface area (Å²) in [6, 6.07) is 9.45. The van der Waals surface area contributed by atoms with Crippen molar-refractivity contribution in [3.05, 3.63) is 118 Å². The summed E-state index contributed by atoms with van der Waals surface area (Å²) in [5.74, 6) is 0. The zero-order valence-electron chi connectivity index (χ0n) is 26.7. The second-order valence-corrected chi connectivity index (χ2v) is 12.7. The van der Waals surface area contributed by atoms with Gasteiger partial charge in [0.05, 0.1) is 0 Å². The summed E-state index contributed by atoms with van der Waals surface area (Å²) in [4.78, 5) is 5.11. The maximum atomic E-state index is 2.55. The first kappa shape index (κ1) is 30.2. The van der Waals surface area contributed by atoms with Crippen molar-refractivity contribution < 1.29 is 0 Å². The second kappa shape index (κ2) is 14.8. The van der Waals surface area contributed by atoms with Gasteiger partial charge in [0, 0.05) is 34.2 Å². The molecule has 4 aliphatic rings. The van der Waals surface area contributed by atoms with Crippen LogP contribution in [0.25, 0.3) is 0 Å². The van der Waals surface area contributed by atoms with Crippen LogP contribution in [0, 0.1) is 0 Å². The van der Waals surface area contributed by atoms with Gasteiger partial charge in [-0.25, -0.2) is 0 Å². The minimum atomic E-state index is 1.10. The summed E-state index contributed by atoms with van der Waals surface area (Å²) in [5.41, 5.74) is 14.4. The standard InChI is InChI=1S/C40H52N2/c1-5-7-9-33-15-23-37(24-16-33)41(35-19-11-31(3)12-20-35)39-27-29-40(30-28-39)42(36-21-13-32(4)14-22-36)38-25-17-34(18-26-38)10-8-6-2/h11,13,15,17,19,21,23,25,27-30H,5-10,12,14,16,18,20,22,24,26H2,1-4H3. The number of hydrogen-bond donors (Lipinski definition) is 0. The average molecular weight is 561 g/mol. The van der Waals surface area contributed by atoms with E-state index in [9.17, 15) is 0 Å². The van der Waals surface area contributed by atoms with E-state index in [-0.39, 0.29) is 0 Å². The zero-order valence-corrected chi connectivity index (χ0v) is 26.7. The number of rotatable bonds is 12. The molecule has 0 unspecified atom stereocenters. The lowest BCUT2D eigenvalue weighted by Crippen LogP contribution is -2.25. The topological polar surface area (TPSA) is 6.48 Å². The van der Waals surface area contributed by atoms with E-state index in [1.54, 1.807) is 11.1 Å². The van der Waals surface area contributed by atoms with Crippen LogP contribution in [0.1, 0.15) is 118 Å². The van der Waals surface area contributed by atoms with Crippen molar-refractivity contribution in [3.63, 3.8) is 0 Å². The van der Waals surface area contributed by atoms with E-state index in [1.165, 1.54) is 96.7 Å². The maximum absolute atomic E-state index is 2.55. The lowest BCUT2D eigenvalue weighted by atomic mass is 9.95. The molecule has 0 N–H and O–H groups in total. The molecule has 0 aliphatic heterocycles. The van der Waals surface area contributed by atoms with Gasteiger partial charge in [-0.1, -0.05) is 73.3 Å². The summed E-state index contributed by atoms with van der Waals surface area (Å²) >= 11 is 0. The van der Waals surface area contributed by atoms with Crippen LogP contribution in [0.5, 0.6) is 0 Å². The number of unbranched alkanes of at least 4 members (excludes halogenated alkanes) is 2. The molecule has 0 saturated heterocycles. The molecule has 222 valence electrons. The highest BCUT2D eigenvalue weighted by Crippen LogP contribution is 2.39. The van der Waals surface area contributed by atoms with Gasteiger partial charge >= 0.3 is 0 Å². The SMILES string of the molecule is CCCCC1=CC=C(N(C2=CC=C(C)CC2)c2ccc(N(C3=CC=C(C)CC3)C3=CC=C(CCCC)CC3)cc2)CC1. The van der Waals surface area contributed by atoms with Gasteiger partial charge in [0.25, 0.3) is 0 Å². The van der Waals surface area contributed by atoms with Gasteiger partial charge in [-0.2, -0.15) is 0 Å². The van der Waals surface area contributed by atoms with E-state index in [0.717, 1.165) is 38.5 Å². The number of hydrogen-bond acceptors (Lipinski definition) is 2. The number of nitrogens with zero attached hydrogens (tertiary/aromatic N) is 2. The minimum Gasteiger partial charge on any atom is -0.318 e. The van der Waals surface area contributed by atoms with Gasteiger partial charge in [0.1, 0.15) is 0 Å². The Labute approximate surface area is 256 Å². The third kappa shape index (κ3) is 7.57. The molecule has 1 aromatic rings. The molecule has 2 nitrogen and oxygen atoms in total. The minimum absolute atomic E-state index is 1.10. The molecule has 5 rings (SSSR count). The molecule has 1 aromatic carbocycles. The Bertz CT molecular complexity index is 1250. The van der Waals surface area contributed by atoms with E-state index in [1.807, 2.05) is 0 Å². The van der Waals surface area contributed by atoms with Gasteiger partial charge in [0.2, 0.25) is 0 Å². The summed E-state index contributed by atoms with van der Waals surface area (Å²) in [5, 5.41) is 0. The molecule has 0 radical (unpaired) electrons. The monoisotopic (exact) mass is 560 g/mol. The van der Waals surface area contributed by atoms with Crippen molar-refractivity contribution in [1.82, 2.24) is 0 Å². The quantitative estimate of drug-likeness (QED) is 0.251. The van der Waals surface area contributed by atoms with Gasteiger partial charge in [-0.3, -0.25) is 0 Å². The van der Waals surface area contributed by atoms with Crippen LogP contribution < -0.4 is 9.80 Å². The Morgan fingerprint density at radius 3 is 1.10 bits per heavy atom.